The third kappa shape index (κ3) is 6.00. The van der Waals surface area contributed by atoms with Crippen LogP contribution in [0.2, 0.25) is 0 Å². The number of hydrogen-bond donors (Lipinski definition) is 1. The first-order chi connectivity index (χ1) is 18.1. The van der Waals surface area contributed by atoms with E-state index in [-0.39, 0.29) is 23.4 Å². The molecule has 0 spiro atoms. The van der Waals surface area contributed by atoms with Crippen LogP contribution in [0.3, 0.4) is 0 Å². The molecule has 1 N–H and O–H groups in total. The Kier molecular flexibility index (Phi) is 7.77. The first-order valence-electron chi connectivity index (χ1n) is 11.2. The summed E-state index contributed by atoms with van der Waals surface area (Å²) in [5, 5.41) is 12.2. The topological polar surface area (TPSA) is 85.3 Å². The molecule has 7 nitrogen and oxygen atoms in total. The molecule has 11 heteroatoms. The first kappa shape index (κ1) is 26.8. The van der Waals surface area contributed by atoms with Gasteiger partial charge in [0.15, 0.2) is 0 Å². The van der Waals surface area contributed by atoms with Gasteiger partial charge in [-0.1, -0.05) is 24.3 Å². The molecule has 1 unspecified atom stereocenters. The smallest absolute Gasteiger partial charge is 0.508 e. The number of carbonyl (C=O) groups excluding carboxylic acids is 2. The number of thiophene rings is 1. The van der Waals surface area contributed by atoms with E-state index in [2.05, 4.69) is 4.74 Å². The Morgan fingerprint density at radius 1 is 1.00 bits per heavy atom. The Hall–Kier alpha value is -4.25. The number of esters is 2. The molecule has 2 heterocycles. The van der Waals surface area contributed by atoms with E-state index in [1.54, 1.807) is 17.0 Å². The highest BCUT2D eigenvalue weighted by atomic mass is 32.1. The number of ether oxygens (including phenoxy) is 3. The van der Waals surface area contributed by atoms with E-state index < -0.39 is 30.1 Å². The normalized spacial score (nSPS) is 15.4. The van der Waals surface area contributed by atoms with Gasteiger partial charge in [0, 0.05) is 17.6 Å². The zero-order chi connectivity index (χ0) is 27.4. The van der Waals surface area contributed by atoms with Gasteiger partial charge in [-0.25, -0.2) is 9.59 Å². The van der Waals surface area contributed by atoms with E-state index in [1.165, 1.54) is 68.2 Å². The van der Waals surface area contributed by atoms with E-state index in [1.807, 2.05) is 17.5 Å². The molecule has 0 amide bonds. The van der Waals surface area contributed by atoms with Gasteiger partial charge in [0.05, 0.1) is 31.4 Å². The highest BCUT2D eigenvalue weighted by Gasteiger charge is 2.33. The quantitative estimate of drug-likeness (QED) is 0.406. The molecule has 198 valence electrons. The fourth-order valence-electron chi connectivity index (χ4n) is 4.16. The van der Waals surface area contributed by atoms with Crippen LogP contribution in [0.1, 0.15) is 27.6 Å². The largest absolute Gasteiger partial charge is 0.573 e. The molecule has 0 aliphatic carbocycles. The van der Waals surface area contributed by atoms with E-state index in [0.717, 1.165) is 4.88 Å². The zero-order valence-corrected chi connectivity index (χ0v) is 21.0. The van der Waals surface area contributed by atoms with Gasteiger partial charge in [-0.15, -0.1) is 24.5 Å². The molecule has 0 saturated heterocycles. The zero-order valence-electron chi connectivity index (χ0n) is 20.2. The average molecular weight is 546 g/mol. The second-order valence-electron chi connectivity index (χ2n) is 8.18. The highest BCUT2D eigenvalue weighted by molar-refractivity contribution is 7.10. The van der Waals surface area contributed by atoms with Crippen molar-refractivity contribution in [3.63, 3.8) is 0 Å². The predicted octanol–water partition coefficient (Wildman–Crippen LogP) is 5.57. The lowest BCUT2D eigenvalue weighted by molar-refractivity contribution is -0.274. The summed E-state index contributed by atoms with van der Waals surface area (Å²) in [4.78, 5) is 28.2. The molecular weight excluding hydrogens is 523 g/mol. The van der Waals surface area contributed by atoms with Gasteiger partial charge < -0.3 is 24.2 Å². The monoisotopic (exact) mass is 545 g/mol. The lowest BCUT2D eigenvalue weighted by Crippen LogP contribution is -2.28. The minimum Gasteiger partial charge on any atom is -0.508 e. The predicted molar refractivity (Wildman–Crippen MR) is 133 cm³/mol. The van der Waals surface area contributed by atoms with Gasteiger partial charge in [-0.2, -0.15) is 0 Å². The van der Waals surface area contributed by atoms with Crippen molar-refractivity contribution in [1.29, 1.82) is 0 Å². The average Bonchev–Trinajstić information content (AvgIpc) is 3.39. The molecule has 0 fully saturated rings. The van der Waals surface area contributed by atoms with Crippen molar-refractivity contribution in [3.8, 4) is 11.5 Å². The fraction of sp³-hybridized carbons (Fsp3) is 0.185. The molecule has 1 aliphatic rings. The van der Waals surface area contributed by atoms with Crippen LogP contribution in [0.25, 0.3) is 6.08 Å². The van der Waals surface area contributed by atoms with Crippen molar-refractivity contribution < 1.29 is 42.1 Å². The standard InChI is InChI=1S/C27H22F3NO6S/c1-35-25(33)21-12-17-8-9-18(32)13-20(17)24(23-7-4-10-38-23)31(15-22(21)26(34)36-2)14-16-5-3-6-19(11-16)37-27(28,29)30/h3-13,15,24,32H,14H2,1-2H3. The number of nitrogens with zero attached hydrogens (tertiary/aromatic N) is 1. The molecule has 3 aromatic rings. The van der Waals surface area contributed by atoms with E-state index in [4.69, 9.17) is 9.47 Å². The van der Waals surface area contributed by atoms with Crippen LogP contribution in [0.5, 0.6) is 11.5 Å². The molecule has 4 rings (SSSR count). The Morgan fingerprint density at radius 2 is 1.74 bits per heavy atom. The summed E-state index contributed by atoms with van der Waals surface area (Å²) in [5.41, 5.74) is 1.35. The van der Waals surface area contributed by atoms with Gasteiger partial charge in [-0.3, -0.25) is 0 Å². The van der Waals surface area contributed by atoms with E-state index >= 15 is 0 Å². The van der Waals surface area contributed by atoms with Crippen molar-refractivity contribution in [1.82, 2.24) is 4.90 Å². The van der Waals surface area contributed by atoms with Gasteiger partial charge in [-0.05, 0) is 58.5 Å². The van der Waals surface area contributed by atoms with Crippen molar-refractivity contribution in [2.24, 2.45) is 0 Å². The molecule has 0 radical (unpaired) electrons. The molecule has 0 bridgehead atoms. The molecule has 2 aromatic carbocycles. The number of alkyl halides is 3. The molecule has 38 heavy (non-hydrogen) atoms. The maximum atomic E-state index is 12.9. The summed E-state index contributed by atoms with van der Waals surface area (Å²) in [6, 6.07) is 13.1. The van der Waals surface area contributed by atoms with Crippen LogP contribution >= 0.6 is 11.3 Å². The number of halogens is 3. The summed E-state index contributed by atoms with van der Waals surface area (Å²) in [5.74, 6) is -2.04. The Morgan fingerprint density at radius 3 is 2.39 bits per heavy atom. The lowest BCUT2D eigenvalue weighted by atomic mass is 9.91. The van der Waals surface area contributed by atoms with Gasteiger partial charge in [0.25, 0.3) is 0 Å². The van der Waals surface area contributed by atoms with Crippen LogP contribution in [0.15, 0.2) is 77.3 Å². The minimum atomic E-state index is -4.87. The molecule has 1 aromatic heterocycles. The maximum absolute atomic E-state index is 12.9. The number of fused-ring (bicyclic) bond motifs is 1. The van der Waals surface area contributed by atoms with Crippen molar-refractivity contribution >= 4 is 29.4 Å². The second-order valence-corrected chi connectivity index (χ2v) is 9.16. The Balaban J connectivity index is 1.95. The summed E-state index contributed by atoms with van der Waals surface area (Å²) in [7, 11) is 2.34. The first-order valence-corrected chi connectivity index (χ1v) is 12.0. The van der Waals surface area contributed by atoms with Crippen molar-refractivity contribution in [2.45, 2.75) is 18.9 Å². The SMILES string of the molecule is COC(=O)C1=Cc2ccc(O)cc2C(c2cccs2)N(Cc2cccc(OC(F)(F)F)c2)C=C1C(=O)OC. The second kappa shape index (κ2) is 11.0. The number of hydrogen-bond acceptors (Lipinski definition) is 8. The summed E-state index contributed by atoms with van der Waals surface area (Å²) in [6.45, 7) is 0.00165. The lowest BCUT2D eigenvalue weighted by Gasteiger charge is -2.34. The van der Waals surface area contributed by atoms with Crippen molar-refractivity contribution in [3.05, 3.63) is 98.9 Å². The van der Waals surface area contributed by atoms with Gasteiger partial charge in [0.2, 0.25) is 0 Å². The van der Waals surface area contributed by atoms with E-state index in [9.17, 15) is 27.9 Å². The van der Waals surface area contributed by atoms with E-state index in [0.29, 0.717) is 16.7 Å². The molecular formula is C27H22F3NO6S. The fourth-order valence-corrected chi connectivity index (χ4v) is 5.02. The van der Waals surface area contributed by atoms with Crippen molar-refractivity contribution in [2.75, 3.05) is 14.2 Å². The third-order valence-corrected chi connectivity index (χ3v) is 6.63. The molecule has 0 saturated carbocycles. The van der Waals surface area contributed by atoms with Gasteiger partial charge in [0.1, 0.15) is 11.5 Å². The summed E-state index contributed by atoms with van der Waals surface area (Å²) in [6.07, 6.45) is -1.96. The Labute approximate surface area is 220 Å². The maximum Gasteiger partial charge on any atom is 0.573 e. The minimum absolute atomic E-state index is 0.00165. The number of rotatable bonds is 6. The summed E-state index contributed by atoms with van der Waals surface area (Å²) >= 11 is 1.41. The molecule has 1 atom stereocenters. The number of methoxy groups -OCH3 is 2. The number of phenolic OH excluding ortho intramolecular Hbond substituents is 1. The molecule has 1 aliphatic heterocycles. The van der Waals surface area contributed by atoms with Crippen LogP contribution < -0.4 is 4.74 Å². The highest BCUT2D eigenvalue weighted by Crippen LogP contribution is 2.40. The third-order valence-electron chi connectivity index (χ3n) is 5.70. The van der Waals surface area contributed by atoms with Gasteiger partial charge >= 0.3 is 18.3 Å². The van der Waals surface area contributed by atoms with Crippen LogP contribution in [0, 0.1) is 0 Å². The van der Waals surface area contributed by atoms with Crippen LogP contribution in [-0.2, 0) is 25.6 Å². The number of carbonyl (C=O) groups is 2. The van der Waals surface area contributed by atoms with Crippen LogP contribution in [-0.4, -0.2) is 42.5 Å². The Bertz CT molecular complexity index is 1400. The number of aromatic hydroxyl groups is 1. The number of benzene rings is 2. The van der Waals surface area contributed by atoms with Crippen LogP contribution in [0.4, 0.5) is 13.2 Å². The number of phenols is 1. The summed E-state index contributed by atoms with van der Waals surface area (Å²) < 4.78 is 52.5.